The van der Waals surface area contributed by atoms with Crippen molar-refractivity contribution in [1.29, 1.82) is 0 Å². The van der Waals surface area contributed by atoms with Crippen molar-refractivity contribution >= 4 is 19.1 Å². The first-order chi connectivity index (χ1) is 8.61. The molecule has 100 valence electrons. The van der Waals surface area contributed by atoms with Gasteiger partial charge in [0.15, 0.2) is 0 Å². The molecule has 1 rings (SSSR count). The summed E-state index contributed by atoms with van der Waals surface area (Å²) in [4.78, 5) is 24.4. The largest absolute Gasteiger partial charge is 0.602 e. The van der Waals surface area contributed by atoms with Crippen LogP contribution in [-0.4, -0.2) is 44.1 Å². The third-order valence-corrected chi connectivity index (χ3v) is 2.54. The van der Waals surface area contributed by atoms with Gasteiger partial charge in [-0.15, -0.1) is 0 Å². The molecule has 1 heterocycles. The number of allylic oxidation sites excluding steroid dienone is 2. The van der Waals surface area contributed by atoms with Crippen LogP contribution in [0.25, 0.3) is 0 Å². The smallest absolute Gasteiger partial charge is 0.498 e. The fourth-order valence-corrected chi connectivity index (χ4v) is 1.63. The molecular weight excluding hydrogens is 233 g/mol. The molecule has 0 aromatic carbocycles. The summed E-state index contributed by atoms with van der Waals surface area (Å²) in [5.41, 5.74) is 0. The number of likely N-dealkylation sites (N-methyl/N-ethyl adjacent to an activating group) is 1. The highest BCUT2D eigenvalue weighted by Crippen LogP contribution is 2.06. The number of nitrogens with zero attached hydrogens (tertiary/aromatic N) is 1. The van der Waals surface area contributed by atoms with E-state index < -0.39 is 7.12 Å². The highest BCUT2D eigenvalue weighted by Gasteiger charge is 2.30. The number of hydrogen-bond acceptors (Lipinski definition) is 5. The van der Waals surface area contributed by atoms with Crippen LogP contribution >= 0.6 is 0 Å². The normalized spacial score (nSPS) is 18.4. The van der Waals surface area contributed by atoms with Gasteiger partial charge in [0.25, 0.3) is 0 Å². The topological polar surface area (TPSA) is 55.8 Å². The molecule has 0 saturated carbocycles. The van der Waals surface area contributed by atoms with Gasteiger partial charge >= 0.3 is 19.1 Å². The number of rotatable bonds is 5. The monoisotopic (exact) mass is 253 g/mol. The van der Waals surface area contributed by atoms with E-state index in [1.54, 1.807) is 11.9 Å². The molecule has 0 aromatic heterocycles. The van der Waals surface area contributed by atoms with Gasteiger partial charge in [0.05, 0.1) is 13.1 Å². The molecular formula is C12H20BNO4. The molecule has 0 bridgehead atoms. The quantitative estimate of drug-likeness (QED) is 0.419. The third kappa shape index (κ3) is 5.86. The van der Waals surface area contributed by atoms with E-state index >= 15 is 0 Å². The van der Waals surface area contributed by atoms with Crippen molar-refractivity contribution in [3.8, 4) is 0 Å². The minimum Gasteiger partial charge on any atom is -0.498 e. The van der Waals surface area contributed by atoms with Crippen LogP contribution in [0, 0.1) is 0 Å². The van der Waals surface area contributed by atoms with Gasteiger partial charge in [0, 0.05) is 6.32 Å². The van der Waals surface area contributed by atoms with Gasteiger partial charge in [-0.25, -0.2) is 0 Å². The van der Waals surface area contributed by atoms with Gasteiger partial charge in [-0.3, -0.25) is 14.5 Å². The van der Waals surface area contributed by atoms with E-state index in [1.807, 2.05) is 12.2 Å². The van der Waals surface area contributed by atoms with Crippen molar-refractivity contribution < 1.29 is 18.9 Å². The van der Waals surface area contributed by atoms with E-state index in [9.17, 15) is 9.59 Å². The molecule has 1 fully saturated rings. The Morgan fingerprint density at radius 3 is 2.39 bits per heavy atom. The summed E-state index contributed by atoms with van der Waals surface area (Å²) in [6.45, 7) is 2.36. The molecule has 0 N–H and O–H groups in total. The molecule has 1 aliphatic rings. The minimum atomic E-state index is -0.781. The van der Waals surface area contributed by atoms with Gasteiger partial charge in [-0.1, -0.05) is 31.9 Å². The lowest BCUT2D eigenvalue weighted by molar-refractivity contribution is -0.145. The van der Waals surface area contributed by atoms with Crippen molar-refractivity contribution in [2.45, 2.75) is 32.5 Å². The van der Waals surface area contributed by atoms with E-state index in [4.69, 9.17) is 9.31 Å². The average Bonchev–Trinajstić information content (AvgIpc) is 2.26. The van der Waals surface area contributed by atoms with Crippen LogP contribution in [0.5, 0.6) is 0 Å². The first-order valence-corrected chi connectivity index (χ1v) is 6.34. The second-order valence-corrected chi connectivity index (χ2v) is 4.43. The van der Waals surface area contributed by atoms with Gasteiger partial charge < -0.3 is 9.31 Å². The lowest BCUT2D eigenvalue weighted by Crippen LogP contribution is -2.42. The van der Waals surface area contributed by atoms with Crippen molar-refractivity contribution in [2.75, 3.05) is 20.1 Å². The summed E-state index contributed by atoms with van der Waals surface area (Å²) in [7, 11) is 0.893. The average molecular weight is 253 g/mol. The molecule has 0 spiro atoms. The second-order valence-electron chi connectivity index (χ2n) is 4.43. The standard InChI is InChI=1S/C12H20BNO4/c1-3-4-5-6-7-8-13-17-11(15)9-14(2)10-12(16)18-13/h6-7H,3-5,8-10H2,1-2H3. The first-order valence-electron chi connectivity index (χ1n) is 6.34. The van der Waals surface area contributed by atoms with Gasteiger partial charge in [0.1, 0.15) is 0 Å². The highest BCUT2D eigenvalue weighted by molar-refractivity contribution is 6.49. The van der Waals surface area contributed by atoms with E-state index in [2.05, 4.69) is 6.92 Å². The number of unbranched alkanes of at least 4 members (excludes halogenated alkanes) is 2. The Balaban J connectivity index is 2.40. The van der Waals surface area contributed by atoms with E-state index in [-0.39, 0.29) is 25.0 Å². The maximum Gasteiger partial charge on any atom is 0.602 e. The van der Waals surface area contributed by atoms with Gasteiger partial charge in [0.2, 0.25) is 0 Å². The van der Waals surface area contributed by atoms with Crippen molar-refractivity contribution in [2.24, 2.45) is 0 Å². The zero-order valence-electron chi connectivity index (χ0n) is 11.1. The fraction of sp³-hybridized carbons (Fsp3) is 0.667. The van der Waals surface area contributed by atoms with Crippen LogP contribution < -0.4 is 0 Å². The van der Waals surface area contributed by atoms with Gasteiger partial charge in [-0.2, -0.15) is 0 Å². The highest BCUT2D eigenvalue weighted by atomic mass is 16.6. The molecule has 1 aliphatic heterocycles. The van der Waals surface area contributed by atoms with Crippen molar-refractivity contribution in [3.63, 3.8) is 0 Å². The summed E-state index contributed by atoms with van der Waals surface area (Å²) in [5.74, 6) is -0.728. The van der Waals surface area contributed by atoms with Crippen LogP contribution in [0.3, 0.4) is 0 Å². The Morgan fingerprint density at radius 2 is 1.83 bits per heavy atom. The molecule has 0 aliphatic carbocycles. The molecule has 18 heavy (non-hydrogen) atoms. The molecule has 0 atom stereocenters. The zero-order valence-corrected chi connectivity index (χ0v) is 11.1. The number of carbonyl (C=O) groups excluding carboxylic acids is 2. The summed E-state index contributed by atoms with van der Waals surface area (Å²) < 4.78 is 10.1. The third-order valence-electron chi connectivity index (χ3n) is 2.54. The zero-order chi connectivity index (χ0) is 13.4. The second kappa shape index (κ2) is 7.92. The molecule has 0 unspecified atom stereocenters. The van der Waals surface area contributed by atoms with E-state index in [0.29, 0.717) is 6.32 Å². The maximum absolute atomic E-state index is 11.4. The van der Waals surface area contributed by atoms with Gasteiger partial charge in [-0.05, 0) is 13.5 Å². The first kappa shape index (κ1) is 14.8. The molecule has 6 heteroatoms. The Labute approximate surface area is 108 Å². The SMILES string of the molecule is CCCCC=CCB1OC(=O)CN(C)CC(=O)O1. The van der Waals surface area contributed by atoms with Crippen LogP contribution in [0.2, 0.25) is 6.32 Å². The Kier molecular flexibility index (Phi) is 6.50. The molecule has 0 radical (unpaired) electrons. The Bertz CT molecular complexity index is 299. The minimum absolute atomic E-state index is 0.116. The summed E-state index contributed by atoms with van der Waals surface area (Å²) >= 11 is 0. The van der Waals surface area contributed by atoms with E-state index in [1.165, 1.54) is 0 Å². The molecule has 1 saturated heterocycles. The number of carbonyl (C=O) groups is 2. The van der Waals surface area contributed by atoms with E-state index in [0.717, 1.165) is 19.3 Å². The number of hydrogen-bond donors (Lipinski definition) is 0. The Hall–Kier alpha value is -1.30. The van der Waals surface area contributed by atoms with Crippen LogP contribution in [-0.2, 0) is 18.9 Å². The van der Waals surface area contributed by atoms with Crippen molar-refractivity contribution in [3.05, 3.63) is 12.2 Å². The fourth-order valence-electron chi connectivity index (χ4n) is 1.63. The predicted octanol–water partition coefficient (Wildman–Crippen LogP) is 1.25. The van der Waals surface area contributed by atoms with Crippen LogP contribution in [0.1, 0.15) is 26.2 Å². The maximum atomic E-state index is 11.4. The molecule has 0 amide bonds. The Morgan fingerprint density at radius 1 is 1.22 bits per heavy atom. The predicted molar refractivity (Wildman–Crippen MR) is 68.9 cm³/mol. The lowest BCUT2D eigenvalue weighted by atomic mass is 9.84. The summed E-state index contributed by atoms with van der Waals surface area (Å²) in [5, 5.41) is 0. The summed E-state index contributed by atoms with van der Waals surface area (Å²) in [6, 6.07) is 0. The molecule has 0 aromatic rings. The van der Waals surface area contributed by atoms with Crippen molar-refractivity contribution in [1.82, 2.24) is 4.90 Å². The van der Waals surface area contributed by atoms with Crippen LogP contribution in [0.15, 0.2) is 12.2 Å². The van der Waals surface area contributed by atoms with Crippen LogP contribution in [0.4, 0.5) is 0 Å². The lowest BCUT2D eigenvalue weighted by Gasteiger charge is -2.21. The summed E-state index contributed by atoms with van der Waals surface area (Å²) in [6.07, 6.45) is 7.61. The molecule has 5 nitrogen and oxygen atoms in total.